The van der Waals surface area contributed by atoms with Crippen LogP contribution in [0.15, 0.2) is 42.7 Å². The summed E-state index contributed by atoms with van der Waals surface area (Å²) >= 11 is 0. The first kappa shape index (κ1) is 15.6. The Balaban J connectivity index is 2.16. The molecule has 114 valence electrons. The fourth-order valence-corrected chi connectivity index (χ4v) is 2.11. The monoisotopic (exact) mass is 302 g/mol. The van der Waals surface area contributed by atoms with Crippen molar-refractivity contribution in [3.63, 3.8) is 0 Å². The van der Waals surface area contributed by atoms with E-state index < -0.39 is 23.7 Å². The van der Waals surface area contributed by atoms with E-state index in [4.69, 9.17) is 5.11 Å². The van der Waals surface area contributed by atoms with E-state index in [1.807, 2.05) is 0 Å². The molecule has 1 amide bonds. The molecule has 0 fully saturated rings. The number of aromatic nitrogens is 1. The van der Waals surface area contributed by atoms with Crippen molar-refractivity contribution in [2.45, 2.75) is 19.4 Å². The predicted octanol–water partition coefficient (Wildman–Crippen LogP) is 2.02. The molecule has 0 aliphatic rings. The van der Waals surface area contributed by atoms with Gasteiger partial charge in [-0.1, -0.05) is 24.3 Å². The van der Waals surface area contributed by atoms with E-state index in [2.05, 4.69) is 10.3 Å². The minimum absolute atomic E-state index is 0.161. The number of hydrogen-bond acceptors (Lipinski definition) is 3. The number of pyridine rings is 1. The van der Waals surface area contributed by atoms with Gasteiger partial charge in [-0.25, -0.2) is 9.18 Å². The summed E-state index contributed by atoms with van der Waals surface area (Å²) in [7, 11) is 0. The van der Waals surface area contributed by atoms with Crippen molar-refractivity contribution < 1.29 is 19.1 Å². The fraction of sp³-hybridized carbons (Fsp3) is 0.188. The molecule has 5 nitrogen and oxygen atoms in total. The van der Waals surface area contributed by atoms with Crippen molar-refractivity contribution >= 4 is 11.9 Å². The lowest BCUT2D eigenvalue weighted by molar-refractivity contribution is -0.141. The Hall–Kier alpha value is -2.76. The number of halogens is 1. The number of hydrogen-bond donors (Lipinski definition) is 2. The van der Waals surface area contributed by atoms with Crippen LogP contribution in [0.2, 0.25) is 0 Å². The average molecular weight is 302 g/mol. The van der Waals surface area contributed by atoms with E-state index in [1.54, 1.807) is 30.3 Å². The zero-order valence-corrected chi connectivity index (χ0v) is 11.9. The normalized spacial score (nSPS) is 11.7. The summed E-state index contributed by atoms with van der Waals surface area (Å²) in [6, 6.07) is 7.43. The van der Waals surface area contributed by atoms with Gasteiger partial charge >= 0.3 is 5.97 Å². The van der Waals surface area contributed by atoms with Gasteiger partial charge in [0.15, 0.2) is 0 Å². The quantitative estimate of drug-likeness (QED) is 0.885. The molecule has 1 atom stereocenters. The standard InChI is InChI=1S/C16H15FN2O3/c1-10(20)19-15(16(21)22)8-11-2-4-12(5-3-11)13-6-7-18-9-14(13)17/h2-7,9,15H,8H2,1H3,(H,19,20)(H,21,22)/t15-/m0/s1. The van der Waals surface area contributed by atoms with Gasteiger partial charge in [-0.3, -0.25) is 9.78 Å². The molecule has 1 aromatic carbocycles. The van der Waals surface area contributed by atoms with Crippen molar-refractivity contribution in [1.82, 2.24) is 10.3 Å². The highest BCUT2D eigenvalue weighted by Crippen LogP contribution is 2.22. The zero-order valence-electron chi connectivity index (χ0n) is 11.9. The summed E-state index contributed by atoms with van der Waals surface area (Å²) in [5.41, 5.74) is 1.84. The molecule has 0 aliphatic carbocycles. The van der Waals surface area contributed by atoms with Gasteiger partial charge in [0, 0.05) is 25.1 Å². The maximum Gasteiger partial charge on any atom is 0.326 e. The highest BCUT2D eigenvalue weighted by Gasteiger charge is 2.18. The molecule has 0 saturated carbocycles. The Bertz CT molecular complexity index is 686. The van der Waals surface area contributed by atoms with Crippen molar-refractivity contribution in [2.75, 3.05) is 0 Å². The Labute approximate surface area is 126 Å². The van der Waals surface area contributed by atoms with Crippen LogP contribution in [0.4, 0.5) is 4.39 Å². The molecule has 0 spiro atoms. The number of rotatable bonds is 5. The van der Waals surface area contributed by atoms with Crippen LogP contribution < -0.4 is 5.32 Å². The first-order valence-corrected chi connectivity index (χ1v) is 6.66. The van der Waals surface area contributed by atoms with E-state index >= 15 is 0 Å². The third-order valence-corrected chi connectivity index (χ3v) is 3.15. The molecule has 2 rings (SSSR count). The van der Waals surface area contributed by atoms with Crippen LogP contribution >= 0.6 is 0 Å². The van der Waals surface area contributed by atoms with Gasteiger partial charge in [0.25, 0.3) is 0 Å². The highest BCUT2D eigenvalue weighted by atomic mass is 19.1. The molecular weight excluding hydrogens is 287 g/mol. The largest absolute Gasteiger partial charge is 0.480 e. The van der Waals surface area contributed by atoms with Crippen LogP contribution in [0.5, 0.6) is 0 Å². The number of amides is 1. The topological polar surface area (TPSA) is 79.3 Å². The van der Waals surface area contributed by atoms with Gasteiger partial charge in [0.2, 0.25) is 5.91 Å². The van der Waals surface area contributed by atoms with Gasteiger partial charge in [0.05, 0.1) is 6.20 Å². The number of benzene rings is 1. The van der Waals surface area contributed by atoms with Crippen LogP contribution in [0.25, 0.3) is 11.1 Å². The number of nitrogens with zero attached hydrogens (tertiary/aromatic N) is 1. The van der Waals surface area contributed by atoms with Crippen molar-refractivity contribution in [1.29, 1.82) is 0 Å². The molecular formula is C16H15FN2O3. The minimum Gasteiger partial charge on any atom is -0.480 e. The van der Waals surface area contributed by atoms with Gasteiger partial charge < -0.3 is 10.4 Å². The molecule has 2 N–H and O–H groups in total. The molecule has 6 heteroatoms. The van der Waals surface area contributed by atoms with Crippen molar-refractivity contribution in [3.05, 3.63) is 54.1 Å². The summed E-state index contributed by atoms with van der Waals surface area (Å²) in [6.07, 6.45) is 2.80. The molecule has 0 radical (unpaired) electrons. The Morgan fingerprint density at radius 2 is 1.95 bits per heavy atom. The molecule has 0 saturated heterocycles. The van der Waals surface area contributed by atoms with Gasteiger partial charge in [-0.2, -0.15) is 0 Å². The second-order valence-corrected chi connectivity index (χ2v) is 4.85. The summed E-state index contributed by atoms with van der Waals surface area (Å²) < 4.78 is 13.6. The highest BCUT2D eigenvalue weighted by molar-refractivity contribution is 5.82. The average Bonchev–Trinajstić information content (AvgIpc) is 2.47. The third-order valence-electron chi connectivity index (χ3n) is 3.15. The first-order chi connectivity index (χ1) is 10.5. The predicted molar refractivity (Wildman–Crippen MR) is 78.6 cm³/mol. The van der Waals surface area contributed by atoms with E-state index in [0.717, 1.165) is 11.8 Å². The van der Waals surface area contributed by atoms with Crippen LogP contribution in [-0.2, 0) is 16.0 Å². The van der Waals surface area contributed by atoms with Gasteiger partial charge in [-0.15, -0.1) is 0 Å². The van der Waals surface area contributed by atoms with Gasteiger partial charge in [-0.05, 0) is 17.2 Å². The zero-order chi connectivity index (χ0) is 16.1. The number of carbonyl (C=O) groups excluding carboxylic acids is 1. The Kier molecular flexibility index (Phi) is 4.83. The molecule has 0 bridgehead atoms. The van der Waals surface area contributed by atoms with E-state index in [-0.39, 0.29) is 6.42 Å². The number of carboxylic acids is 1. The summed E-state index contributed by atoms with van der Waals surface area (Å²) in [4.78, 5) is 25.8. The van der Waals surface area contributed by atoms with Crippen LogP contribution in [0.3, 0.4) is 0 Å². The van der Waals surface area contributed by atoms with Crippen molar-refractivity contribution in [2.24, 2.45) is 0 Å². The molecule has 1 heterocycles. The molecule has 0 unspecified atom stereocenters. The van der Waals surface area contributed by atoms with E-state index in [1.165, 1.54) is 13.1 Å². The van der Waals surface area contributed by atoms with Crippen LogP contribution in [0.1, 0.15) is 12.5 Å². The lowest BCUT2D eigenvalue weighted by atomic mass is 10.0. The lowest BCUT2D eigenvalue weighted by Gasteiger charge is -2.13. The minimum atomic E-state index is -1.10. The fourth-order valence-electron chi connectivity index (χ4n) is 2.11. The molecule has 22 heavy (non-hydrogen) atoms. The maximum absolute atomic E-state index is 13.6. The lowest BCUT2D eigenvalue weighted by Crippen LogP contribution is -2.41. The van der Waals surface area contributed by atoms with E-state index in [9.17, 15) is 14.0 Å². The SMILES string of the molecule is CC(=O)N[C@@H](Cc1ccc(-c2ccncc2F)cc1)C(=O)O. The van der Waals surface area contributed by atoms with Gasteiger partial charge in [0.1, 0.15) is 11.9 Å². The number of carboxylic acid groups (broad SMARTS) is 1. The molecule has 0 aliphatic heterocycles. The summed E-state index contributed by atoms with van der Waals surface area (Å²) in [5.74, 6) is -1.92. The molecule has 2 aromatic rings. The smallest absolute Gasteiger partial charge is 0.326 e. The second-order valence-electron chi connectivity index (χ2n) is 4.85. The van der Waals surface area contributed by atoms with E-state index in [0.29, 0.717) is 11.1 Å². The summed E-state index contributed by atoms with van der Waals surface area (Å²) in [6.45, 7) is 1.27. The number of carbonyl (C=O) groups is 2. The van der Waals surface area contributed by atoms with Crippen LogP contribution in [0, 0.1) is 5.82 Å². The maximum atomic E-state index is 13.6. The molecule has 1 aromatic heterocycles. The second kappa shape index (κ2) is 6.80. The Morgan fingerprint density at radius 3 is 2.50 bits per heavy atom. The number of nitrogens with one attached hydrogen (secondary N) is 1. The number of aliphatic carboxylic acids is 1. The van der Waals surface area contributed by atoms with Crippen LogP contribution in [-0.4, -0.2) is 28.0 Å². The summed E-state index contributed by atoms with van der Waals surface area (Å²) in [5, 5.41) is 11.5. The van der Waals surface area contributed by atoms with Crippen molar-refractivity contribution in [3.8, 4) is 11.1 Å². The first-order valence-electron chi connectivity index (χ1n) is 6.66. The third kappa shape index (κ3) is 3.88. The Morgan fingerprint density at radius 1 is 1.27 bits per heavy atom.